The van der Waals surface area contributed by atoms with Crippen LogP contribution in [0.15, 0.2) is 18.2 Å². The fourth-order valence-electron chi connectivity index (χ4n) is 1.12. The van der Waals surface area contributed by atoms with Crippen molar-refractivity contribution in [1.29, 1.82) is 0 Å². The van der Waals surface area contributed by atoms with E-state index in [1.165, 1.54) is 6.07 Å². The summed E-state index contributed by atoms with van der Waals surface area (Å²) in [5, 5.41) is 9.64. The number of hydrogen-bond donors (Lipinski definition) is 2. The average Bonchev–Trinajstić information content (AvgIpc) is 2.01. The second-order valence-corrected chi connectivity index (χ2v) is 3.89. The maximum Gasteiger partial charge on any atom is 0.131 e. The van der Waals surface area contributed by atoms with E-state index in [1.54, 1.807) is 13.8 Å². The maximum absolute atomic E-state index is 13.2. The van der Waals surface area contributed by atoms with Gasteiger partial charge in [-0.25, -0.2) is 8.78 Å². The van der Waals surface area contributed by atoms with Crippen LogP contribution in [0.3, 0.4) is 0 Å². The van der Waals surface area contributed by atoms with Gasteiger partial charge in [0.15, 0.2) is 0 Å². The van der Waals surface area contributed by atoms with E-state index in [0.717, 1.165) is 12.1 Å². The monoisotopic (exact) mass is 201 g/mol. The van der Waals surface area contributed by atoms with Crippen LogP contribution in [0.4, 0.5) is 8.78 Å². The molecule has 1 unspecified atom stereocenters. The van der Waals surface area contributed by atoms with E-state index in [0.29, 0.717) is 0 Å². The Hall–Kier alpha value is -1.00. The molecule has 0 bridgehead atoms. The van der Waals surface area contributed by atoms with Gasteiger partial charge in [0.2, 0.25) is 0 Å². The number of hydrogen-bond acceptors (Lipinski definition) is 2. The zero-order valence-corrected chi connectivity index (χ0v) is 8.09. The number of rotatable bonds is 2. The van der Waals surface area contributed by atoms with E-state index in [9.17, 15) is 13.9 Å². The standard InChI is InChI=1S/C10H13F2NO/c1-10(2,13)9(14)7-4-3-6(11)5-8(7)12/h3-5,9,14H,13H2,1-2H3. The lowest BCUT2D eigenvalue weighted by molar-refractivity contribution is 0.101. The molecule has 2 nitrogen and oxygen atoms in total. The van der Waals surface area contributed by atoms with Crippen molar-refractivity contribution in [2.24, 2.45) is 5.73 Å². The second kappa shape index (κ2) is 3.63. The second-order valence-electron chi connectivity index (χ2n) is 3.89. The van der Waals surface area contributed by atoms with Crippen molar-refractivity contribution >= 4 is 0 Å². The van der Waals surface area contributed by atoms with Crippen molar-refractivity contribution in [3.05, 3.63) is 35.4 Å². The summed E-state index contributed by atoms with van der Waals surface area (Å²) in [6, 6.07) is 3.02. The Bertz CT molecular complexity index is 333. The van der Waals surface area contributed by atoms with Crippen LogP contribution >= 0.6 is 0 Å². The molecule has 0 fully saturated rings. The Balaban J connectivity index is 3.08. The summed E-state index contributed by atoms with van der Waals surface area (Å²) >= 11 is 0. The highest BCUT2D eigenvalue weighted by Crippen LogP contribution is 2.25. The van der Waals surface area contributed by atoms with E-state index < -0.39 is 23.3 Å². The summed E-state index contributed by atoms with van der Waals surface area (Å²) in [6.45, 7) is 3.14. The fourth-order valence-corrected chi connectivity index (χ4v) is 1.12. The molecule has 0 heterocycles. The molecular formula is C10H13F2NO. The summed E-state index contributed by atoms with van der Waals surface area (Å²) in [5.41, 5.74) is 4.66. The van der Waals surface area contributed by atoms with Gasteiger partial charge in [0.25, 0.3) is 0 Å². The summed E-state index contributed by atoms with van der Waals surface area (Å²) in [5.74, 6) is -1.45. The first-order valence-electron chi connectivity index (χ1n) is 4.24. The lowest BCUT2D eigenvalue weighted by Crippen LogP contribution is -2.39. The van der Waals surface area contributed by atoms with Crippen molar-refractivity contribution in [3.63, 3.8) is 0 Å². The molecule has 0 saturated carbocycles. The van der Waals surface area contributed by atoms with Crippen molar-refractivity contribution in [2.45, 2.75) is 25.5 Å². The van der Waals surface area contributed by atoms with Crippen molar-refractivity contribution in [3.8, 4) is 0 Å². The van der Waals surface area contributed by atoms with Gasteiger partial charge >= 0.3 is 0 Å². The Kier molecular flexibility index (Phi) is 2.87. The number of halogens is 2. The van der Waals surface area contributed by atoms with Gasteiger partial charge in [0.1, 0.15) is 11.6 Å². The van der Waals surface area contributed by atoms with Gasteiger partial charge in [-0.05, 0) is 19.9 Å². The number of aliphatic hydroxyl groups is 1. The van der Waals surface area contributed by atoms with Gasteiger partial charge in [0.05, 0.1) is 6.10 Å². The van der Waals surface area contributed by atoms with Crippen LogP contribution in [0.5, 0.6) is 0 Å². The minimum atomic E-state index is -1.15. The van der Waals surface area contributed by atoms with E-state index in [1.807, 2.05) is 0 Å². The third-order valence-corrected chi connectivity index (χ3v) is 1.96. The molecule has 0 amide bonds. The molecule has 1 aromatic rings. The van der Waals surface area contributed by atoms with E-state index in [2.05, 4.69) is 0 Å². The molecule has 1 atom stereocenters. The Morgan fingerprint density at radius 2 is 1.93 bits per heavy atom. The first kappa shape index (κ1) is 11.1. The molecule has 0 aliphatic carbocycles. The molecular weight excluding hydrogens is 188 g/mol. The zero-order chi connectivity index (χ0) is 10.9. The topological polar surface area (TPSA) is 46.2 Å². The molecule has 0 spiro atoms. The third kappa shape index (κ3) is 2.27. The third-order valence-electron chi connectivity index (χ3n) is 1.96. The fraction of sp³-hybridized carbons (Fsp3) is 0.400. The predicted octanol–water partition coefficient (Wildman–Crippen LogP) is 1.74. The molecule has 14 heavy (non-hydrogen) atoms. The summed E-state index contributed by atoms with van der Waals surface area (Å²) < 4.78 is 25.7. The Morgan fingerprint density at radius 3 is 2.36 bits per heavy atom. The molecule has 0 aliphatic rings. The summed E-state index contributed by atoms with van der Waals surface area (Å²) in [6.07, 6.45) is -1.15. The van der Waals surface area contributed by atoms with Crippen molar-refractivity contribution in [2.75, 3.05) is 0 Å². The van der Waals surface area contributed by atoms with E-state index >= 15 is 0 Å². The predicted molar refractivity (Wildman–Crippen MR) is 49.6 cm³/mol. The molecule has 1 rings (SSSR count). The van der Waals surface area contributed by atoms with Crippen LogP contribution in [-0.4, -0.2) is 10.6 Å². The van der Waals surface area contributed by atoms with E-state index in [4.69, 9.17) is 5.73 Å². The molecule has 78 valence electrons. The van der Waals surface area contributed by atoms with Crippen molar-refractivity contribution < 1.29 is 13.9 Å². The normalized spacial score (nSPS) is 14.1. The number of aliphatic hydroxyl groups excluding tert-OH is 1. The van der Waals surface area contributed by atoms with Crippen LogP contribution in [0.1, 0.15) is 25.5 Å². The van der Waals surface area contributed by atoms with Gasteiger partial charge in [0, 0.05) is 17.2 Å². The van der Waals surface area contributed by atoms with Crippen LogP contribution < -0.4 is 5.73 Å². The van der Waals surface area contributed by atoms with Crippen LogP contribution in [0.2, 0.25) is 0 Å². The molecule has 0 radical (unpaired) electrons. The SMILES string of the molecule is CC(C)(N)C(O)c1ccc(F)cc1F. The minimum absolute atomic E-state index is 0.0129. The van der Waals surface area contributed by atoms with Crippen LogP contribution in [-0.2, 0) is 0 Å². The molecule has 1 aromatic carbocycles. The molecule has 0 aliphatic heterocycles. The summed E-state index contributed by atoms with van der Waals surface area (Å²) in [4.78, 5) is 0. The van der Waals surface area contributed by atoms with Crippen molar-refractivity contribution in [1.82, 2.24) is 0 Å². The van der Waals surface area contributed by atoms with Gasteiger partial charge in [-0.2, -0.15) is 0 Å². The average molecular weight is 201 g/mol. The quantitative estimate of drug-likeness (QED) is 0.765. The summed E-state index contributed by atoms with van der Waals surface area (Å²) in [7, 11) is 0. The highest BCUT2D eigenvalue weighted by atomic mass is 19.1. The number of benzene rings is 1. The first-order chi connectivity index (χ1) is 6.32. The lowest BCUT2D eigenvalue weighted by Gasteiger charge is -2.26. The minimum Gasteiger partial charge on any atom is -0.386 e. The van der Waals surface area contributed by atoms with Gasteiger partial charge in [-0.1, -0.05) is 6.07 Å². The van der Waals surface area contributed by atoms with Gasteiger partial charge in [-0.3, -0.25) is 0 Å². The van der Waals surface area contributed by atoms with Crippen LogP contribution in [0, 0.1) is 11.6 Å². The molecule has 0 saturated heterocycles. The van der Waals surface area contributed by atoms with Crippen LogP contribution in [0.25, 0.3) is 0 Å². The van der Waals surface area contributed by atoms with E-state index in [-0.39, 0.29) is 5.56 Å². The molecule has 3 N–H and O–H groups in total. The first-order valence-corrected chi connectivity index (χ1v) is 4.24. The van der Waals surface area contributed by atoms with Gasteiger partial charge in [-0.15, -0.1) is 0 Å². The smallest absolute Gasteiger partial charge is 0.131 e. The molecule has 0 aromatic heterocycles. The Labute approximate surface area is 81.4 Å². The molecule has 4 heteroatoms. The largest absolute Gasteiger partial charge is 0.386 e. The Morgan fingerprint density at radius 1 is 1.36 bits per heavy atom. The highest BCUT2D eigenvalue weighted by Gasteiger charge is 2.26. The van der Waals surface area contributed by atoms with Gasteiger partial charge < -0.3 is 10.8 Å². The zero-order valence-electron chi connectivity index (χ0n) is 8.09. The lowest BCUT2D eigenvalue weighted by atomic mass is 9.92. The maximum atomic E-state index is 13.2. The highest BCUT2D eigenvalue weighted by molar-refractivity contribution is 5.23. The number of nitrogens with two attached hydrogens (primary N) is 1.